The molecular formula is C13H21ClN2O. The summed E-state index contributed by atoms with van der Waals surface area (Å²) in [4.78, 5) is 0. The third kappa shape index (κ3) is 2.66. The van der Waals surface area contributed by atoms with Crippen LogP contribution in [-0.4, -0.2) is 21.5 Å². The fraction of sp³-hybridized carbons (Fsp3) is 0.769. The highest BCUT2D eigenvalue weighted by atomic mass is 35.5. The Labute approximate surface area is 108 Å². The molecule has 0 bridgehead atoms. The van der Waals surface area contributed by atoms with Gasteiger partial charge in [-0.2, -0.15) is 5.10 Å². The molecule has 2 rings (SSSR count). The van der Waals surface area contributed by atoms with E-state index in [0.717, 1.165) is 30.6 Å². The van der Waals surface area contributed by atoms with Gasteiger partial charge in [0.2, 0.25) is 0 Å². The number of rotatable bonds is 3. The summed E-state index contributed by atoms with van der Waals surface area (Å²) in [7, 11) is 0. The molecule has 1 saturated heterocycles. The predicted molar refractivity (Wildman–Crippen MR) is 69.4 cm³/mol. The molecule has 1 aromatic heterocycles. The minimum atomic E-state index is 0.0239. The summed E-state index contributed by atoms with van der Waals surface area (Å²) in [5.41, 5.74) is 3.39. The molecule has 1 atom stereocenters. The zero-order valence-electron chi connectivity index (χ0n) is 11.1. The van der Waals surface area contributed by atoms with E-state index in [4.69, 9.17) is 16.3 Å². The minimum Gasteiger partial charge on any atom is -0.370 e. The molecule has 96 valence electrons. The monoisotopic (exact) mass is 256 g/mol. The van der Waals surface area contributed by atoms with Crippen LogP contribution in [0.5, 0.6) is 0 Å². The number of aryl methyl sites for hydroxylation is 1. The lowest BCUT2D eigenvalue weighted by atomic mass is 10.1. The molecule has 4 heteroatoms. The molecule has 17 heavy (non-hydrogen) atoms. The van der Waals surface area contributed by atoms with Crippen LogP contribution >= 0.6 is 11.6 Å². The van der Waals surface area contributed by atoms with E-state index < -0.39 is 0 Å². The maximum absolute atomic E-state index is 6.00. The molecule has 0 aliphatic carbocycles. The molecule has 1 aliphatic heterocycles. The zero-order valence-corrected chi connectivity index (χ0v) is 11.8. The first-order chi connectivity index (χ1) is 7.93. The van der Waals surface area contributed by atoms with E-state index in [2.05, 4.69) is 25.9 Å². The highest BCUT2D eigenvalue weighted by molar-refractivity contribution is 6.17. The van der Waals surface area contributed by atoms with E-state index in [9.17, 15) is 0 Å². The van der Waals surface area contributed by atoms with Crippen molar-refractivity contribution >= 4 is 11.6 Å². The summed E-state index contributed by atoms with van der Waals surface area (Å²) in [5, 5.41) is 4.54. The van der Waals surface area contributed by atoms with Crippen molar-refractivity contribution in [3.8, 4) is 0 Å². The van der Waals surface area contributed by atoms with Crippen LogP contribution in [0.1, 0.15) is 43.6 Å². The highest BCUT2D eigenvalue weighted by Crippen LogP contribution is 2.30. The van der Waals surface area contributed by atoms with E-state index in [1.807, 2.05) is 11.6 Å². The van der Waals surface area contributed by atoms with Gasteiger partial charge >= 0.3 is 0 Å². The largest absolute Gasteiger partial charge is 0.370 e. The number of nitrogens with zero attached hydrogens (tertiary/aromatic N) is 2. The fourth-order valence-corrected chi connectivity index (χ4v) is 2.89. The van der Waals surface area contributed by atoms with Crippen LogP contribution in [0.15, 0.2) is 0 Å². The lowest BCUT2D eigenvalue weighted by Gasteiger charge is -2.19. The third-order valence-corrected chi connectivity index (χ3v) is 3.86. The summed E-state index contributed by atoms with van der Waals surface area (Å²) in [5.74, 6) is 0.536. The van der Waals surface area contributed by atoms with Crippen molar-refractivity contribution < 1.29 is 4.74 Å². The zero-order chi connectivity index (χ0) is 12.6. The number of alkyl halides is 1. The molecule has 0 amide bonds. The topological polar surface area (TPSA) is 27.1 Å². The van der Waals surface area contributed by atoms with Gasteiger partial charge in [-0.1, -0.05) is 0 Å². The fourth-order valence-electron chi connectivity index (χ4n) is 2.50. The van der Waals surface area contributed by atoms with Crippen LogP contribution in [0, 0.1) is 13.8 Å². The number of hydrogen-bond donors (Lipinski definition) is 0. The van der Waals surface area contributed by atoms with Crippen LogP contribution in [-0.2, 0) is 17.2 Å². The SMILES string of the molecule is Cc1nn(CC2CCC(C)(C)O2)c(C)c1CCl. The number of hydrogen-bond acceptors (Lipinski definition) is 2. The third-order valence-electron chi connectivity index (χ3n) is 3.60. The molecule has 3 nitrogen and oxygen atoms in total. The van der Waals surface area contributed by atoms with E-state index in [1.165, 1.54) is 5.69 Å². The normalized spacial score (nSPS) is 23.2. The number of aromatic nitrogens is 2. The van der Waals surface area contributed by atoms with E-state index in [0.29, 0.717) is 5.88 Å². The molecule has 2 heterocycles. The van der Waals surface area contributed by atoms with Gasteiger partial charge in [0, 0.05) is 11.3 Å². The van der Waals surface area contributed by atoms with Crippen molar-refractivity contribution in [1.82, 2.24) is 9.78 Å². The van der Waals surface area contributed by atoms with Crippen LogP contribution < -0.4 is 0 Å². The standard InChI is InChI=1S/C13H21ClN2O/c1-9-12(7-14)10(2)16(15-9)8-11-5-6-13(3,4)17-11/h11H,5-8H2,1-4H3. The Morgan fingerprint density at radius 2 is 2.18 bits per heavy atom. The highest BCUT2D eigenvalue weighted by Gasteiger charge is 2.32. The van der Waals surface area contributed by atoms with Gasteiger partial charge in [-0.15, -0.1) is 11.6 Å². The summed E-state index contributed by atoms with van der Waals surface area (Å²) >= 11 is 5.93. The van der Waals surface area contributed by atoms with Crippen LogP contribution in [0.3, 0.4) is 0 Å². The molecule has 0 spiro atoms. The molecule has 0 radical (unpaired) electrons. The second kappa shape index (κ2) is 4.62. The first kappa shape index (κ1) is 12.9. The van der Waals surface area contributed by atoms with Crippen LogP contribution in [0.25, 0.3) is 0 Å². The average Bonchev–Trinajstić information content (AvgIpc) is 2.69. The van der Waals surface area contributed by atoms with Gasteiger partial charge in [0.25, 0.3) is 0 Å². The second-order valence-electron chi connectivity index (χ2n) is 5.50. The summed E-state index contributed by atoms with van der Waals surface area (Å²) in [6.45, 7) is 9.24. The van der Waals surface area contributed by atoms with Crippen LogP contribution in [0.4, 0.5) is 0 Å². The van der Waals surface area contributed by atoms with Crippen molar-refractivity contribution in [3.05, 3.63) is 17.0 Å². The summed E-state index contributed by atoms with van der Waals surface area (Å²) in [6, 6.07) is 0. The maximum atomic E-state index is 6.00. The Hall–Kier alpha value is -0.540. The smallest absolute Gasteiger partial charge is 0.0779 e. The molecule has 1 aliphatic rings. The Balaban J connectivity index is 2.10. The molecule has 1 fully saturated rings. The van der Waals surface area contributed by atoms with Gasteiger partial charge in [0.15, 0.2) is 0 Å². The Bertz CT molecular complexity index is 412. The number of halogens is 1. The lowest BCUT2D eigenvalue weighted by Crippen LogP contribution is -2.23. The second-order valence-corrected chi connectivity index (χ2v) is 5.77. The maximum Gasteiger partial charge on any atom is 0.0779 e. The van der Waals surface area contributed by atoms with Crippen molar-refractivity contribution in [2.24, 2.45) is 0 Å². The van der Waals surface area contributed by atoms with E-state index in [-0.39, 0.29) is 11.7 Å². The first-order valence-electron chi connectivity index (χ1n) is 6.19. The summed E-state index contributed by atoms with van der Waals surface area (Å²) in [6.07, 6.45) is 2.52. The van der Waals surface area contributed by atoms with Gasteiger partial charge in [-0.3, -0.25) is 4.68 Å². The van der Waals surface area contributed by atoms with Gasteiger partial charge < -0.3 is 4.74 Å². The van der Waals surface area contributed by atoms with Gasteiger partial charge in [-0.25, -0.2) is 0 Å². The van der Waals surface area contributed by atoms with Crippen molar-refractivity contribution in [2.75, 3.05) is 0 Å². The molecule has 0 aromatic carbocycles. The molecule has 1 aromatic rings. The predicted octanol–water partition coefficient (Wildman–Crippen LogP) is 3.20. The number of ether oxygens (including phenoxy) is 1. The lowest BCUT2D eigenvalue weighted by molar-refractivity contribution is -0.0232. The molecular weight excluding hydrogens is 236 g/mol. The van der Waals surface area contributed by atoms with Crippen LogP contribution in [0.2, 0.25) is 0 Å². The Morgan fingerprint density at radius 3 is 2.65 bits per heavy atom. The average molecular weight is 257 g/mol. The molecule has 1 unspecified atom stereocenters. The first-order valence-corrected chi connectivity index (χ1v) is 6.73. The summed E-state index contributed by atoms with van der Waals surface area (Å²) < 4.78 is 8.04. The Morgan fingerprint density at radius 1 is 1.47 bits per heavy atom. The van der Waals surface area contributed by atoms with Crippen molar-refractivity contribution in [1.29, 1.82) is 0 Å². The molecule has 0 saturated carbocycles. The van der Waals surface area contributed by atoms with Crippen molar-refractivity contribution in [2.45, 2.75) is 64.7 Å². The van der Waals surface area contributed by atoms with Gasteiger partial charge in [0.1, 0.15) is 0 Å². The van der Waals surface area contributed by atoms with E-state index >= 15 is 0 Å². The van der Waals surface area contributed by atoms with Crippen molar-refractivity contribution in [3.63, 3.8) is 0 Å². The minimum absolute atomic E-state index is 0.0239. The molecule has 0 N–H and O–H groups in total. The Kier molecular flexibility index (Phi) is 3.50. The van der Waals surface area contributed by atoms with E-state index in [1.54, 1.807) is 0 Å². The quantitative estimate of drug-likeness (QED) is 0.777. The van der Waals surface area contributed by atoms with Gasteiger partial charge in [0.05, 0.1) is 29.8 Å². The van der Waals surface area contributed by atoms with Gasteiger partial charge in [-0.05, 0) is 40.5 Å².